The van der Waals surface area contributed by atoms with E-state index in [0.717, 1.165) is 27.6 Å². The normalized spacial score (nSPS) is 31.3. The lowest BCUT2D eigenvalue weighted by atomic mass is 9.63. The molecule has 174 valence electrons. The van der Waals surface area contributed by atoms with Crippen LogP contribution >= 0.6 is 15.9 Å². The van der Waals surface area contributed by atoms with Crippen molar-refractivity contribution in [3.63, 3.8) is 0 Å². The maximum absolute atomic E-state index is 13.7. The quantitative estimate of drug-likeness (QED) is 0.462. The molecule has 2 bridgehead atoms. The first-order valence-electron chi connectivity index (χ1n) is 12.0. The van der Waals surface area contributed by atoms with Crippen LogP contribution in [-0.2, 0) is 20.8 Å². The zero-order valence-corrected chi connectivity index (χ0v) is 20.8. The van der Waals surface area contributed by atoms with Gasteiger partial charge >= 0.3 is 0 Å². The first kappa shape index (κ1) is 21.8. The van der Waals surface area contributed by atoms with Crippen LogP contribution in [0.2, 0.25) is 0 Å². The van der Waals surface area contributed by atoms with Gasteiger partial charge in [-0.25, -0.2) is 0 Å². The molecule has 3 amide bonds. The van der Waals surface area contributed by atoms with E-state index in [1.807, 2.05) is 56.3 Å². The maximum atomic E-state index is 13.7. The van der Waals surface area contributed by atoms with Crippen molar-refractivity contribution in [1.82, 2.24) is 4.90 Å². The van der Waals surface area contributed by atoms with Gasteiger partial charge in [0.2, 0.25) is 17.7 Å². The van der Waals surface area contributed by atoms with Crippen LogP contribution < -0.4 is 5.32 Å². The number of nitrogens with one attached hydrogen (secondary N) is 1. The van der Waals surface area contributed by atoms with E-state index in [1.54, 1.807) is 0 Å². The van der Waals surface area contributed by atoms with Crippen molar-refractivity contribution in [1.29, 1.82) is 0 Å². The molecular weight excluding hydrogens is 492 g/mol. The van der Waals surface area contributed by atoms with Gasteiger partial charge in [-0.15, -0.1) is 0 Å². The van der Waals surface area contributed by atoms with Gasteiger partial charge in [0, 0.05) is 16.6 Å². The summed E-state index contributed by atoms with van der Waals surface area (Å²) in [5.41, 5.74) is 3.61. The lowest BCUT2D eigenvalue weighted by Crippen LogP contribution is -2.49. The first-order valence-corrected chi connectivity index (χ1v) is 12.8. The van der Waals surface area contributed by atoms with Crippen LogP contribution in [0.5, 0.6) is 0 Å². The van der Waals surface area contributed by atoms with E-state index >= 15 is 0 Å². The molecule has 7 atom stereocenters. The number of carbonyl (C=O) groups excluding carboxylic acids is 3. The molecule has 34 heavy (non-hydrogen) atoms. The largest absolute Gasteiger partial charge is 0.324 e. The summed E-state index contributed by atoms with van der Waals surface area (Å²) < 4.78 is 0.972. The number of anilines is 1. The highest BCUT2D eigenvalue weighted by Crippen LogP contribution is 2.65. The monoisotopic (exact) mass is 518 g/mol. The summed E-state index contributed by atoms with van der Waals surface area (Å²) in [5, 5.41) is 3.03. The van der Waals surface area contributed by atoms with E-state index in [2.05, 4.69) is 33.4 Å². The molecule has 0 spiro atoms. The first-order chi connectivity index (χ1) is 16.4. The van der Waals surface area contributed by atoms with Gasteiger partial charge in [0.1, 0.15) is 6.04 Å². The van der Waals surface area contributed by atoms with E-state index in [1.165, 1.54) is 4.90 Å². The van der Waals surface area contributed by atoms with Crippen LogP contribution in [0.4, 0.5) is 5.69 Å². The SMILES string of the molecule is Cc1c(Br)ccc(NC(=O)[C@H](Cc2ccccc2)N2C(=O)[C@@H]3[C@H]4C=C[C@@H]([C@@H]5C[C@H]45)[C@H]3C2=O)c1C. The van der Waals surface area contributed by atoms with Crippen LogP contribution in [-0.4, -0.2) is 28.7 Å². The number of rotatable bonds is 5. The van der Waals surface area contributed by atoms with Crippen LogP contribution in [0.15, 0.2) is 59.1 Å². The van der Waals surface area contributed by atoms with E-state index in [-0.39, 0.29) is 41.4 Å². The molecule has 6 heteroatoms. The van der Waals surface area contributed by atoms with Gasteiger partial charge in [-0.1, -0.05) is 58.4 Å². The highest BCUT2D eigenvalue weighted by molar-refractivity contribution is 9.10. The van der Waals surface area contributed by atoms with Crippen molar-refractivity contribution in [2.45, 2.75) is 32.7 Å². The average molecular weight is 519 g/mol. The molecule has 5 aliphatic rings. The minimum Gasteiger partial charge on any atom is -0.324 e. The molecule has 5 nitrogen and oxygen atoms in total. The Kier molecular flexibility index (Phi) is 5.07. The van der Waals surface area contributed by atoms with Crippen LogP contribution in [0, 0.1) is 49.4 Å². The highest BCUT2D eigenvalue weighted by atomic mass is 79.9. The Morgan fingerprint density at radius 3 is 2.21 bits per heavy atom. The lowest BCUT2D eigenvalue weighted by Gasteiger charge is -2.37. The number of carbonyl (C=O) groups is 3. The van der Waals surface area contributed by atoms with Crippen molar-refractivity contribution >= 4 is 39.3 Å². The van der Waals surface area contributed by atoms with Crippen molar-refractivity contribution in [3.8, 4) is 0 Å². The Balaban J connectivity index is 1.34. The highest BCUT2D eigenvalue weighted by Gasteiger charge is 2.67. The second-order valence-electron chi connectivity index (χ2n) is 10.2. The summed E-state index contributed by atoms with van der Waals surface area (Å²) in [5.74, 6) is 0.0587. The summed E-state index contributed by atoms with van der Waals surface area (Å²) >= 11 is 3.53. The van der Waals surface area contributed by atoms with Gasteiger partial charge in [-0.3, -0.25) is 19.3 Å². The van der Waals surface area contributed by atoms with Crippen LogP contribution in [0.1, 0.15) is 23.1 Å². The number of imide groups is 1. The Bertz CT molecular complexity index is 1200. The molecule has 0 unspecified atom stereocenters. The van der Waals surface area contributed by atoms with Gasteiger partial charge in [-0.2, -0.15) is 0 Å². The summed E-state index contributed by atoms with van der Waals surface area (Å²) in [6, 6.07) is 12.5. The molecule has 2 saturated carbocycles. The molecule has 2 aromatic rings. The number of amides is 3. The fourth-order valence-electron chi connectivity index (χ4n) is 6.56. The number of halogens is 1. The Labute approximate surface area is 207 Å². The molecule has 4 aliphatic carbocycles. The van der Waals surface area contributed by atoms with E-state index in [0.29, 0.717) is 23.9 Å². The third-order valence-electron chi connectivity index (χ3n) is 8.56. The molecule has 2 aromatic carbocycles. The number of benzene rings is 2. The van der Waals surface area contributed by atoms with E-state index in [9.17, 15) is 14.4 Å². The summed E-state index contributed by atoms with van der Waals surface area (Å²) in [6.45, 7) is 3.95. The second-order valence-corrected chi connectivity index (χ2v) is 11.1. The predicted octanol–water partition coefficient (Wildman–Crippen LogP) is 4.67. The van der Waals surface area contributed by atoms with E-state index < -0.39 is 6.04 Å². The Morgan fingerprint density at radius 1 is 0.971 bits per heavy atom. The second kappa shape index (κ2) is 7.91. The number of hydrogen-bond donors (Lipinski definition) is 1. The molecule has 1 heterocycles. The number of likely N-dealkylation sites (tertiary alicyclic amines) is 1. The smallest absolute Gasteiger partial charge is 0.248 e. The van der Waals surface area contributed by atoms with Gasteiger partial charge in [0.15, 0.2) is 0 Å². The summed E-state index contributed by atoms with van der Waals surface area (Å²) in [7, 11) is 0. The topological polar surface area (TPSA) is 66.5 Å². The van der Waals surface area contributed by atoms with Crippen molar-refractivity contribution in [2.24, 2.45) is 35.5 Å². The molecule has 1 N–H and O–H groups in total. The third-order valence-corrected chi connectivity index (χ3v) is 9.42. The van der Waals surface area contributed by atoms with Crippen molar-refractivity contribution in [2.75, 3.05) is 5.32 Å². The Morgan fingerprint density at radius 2 is 1.59 bits per heavy atom. The van der Waals surface area contributed by atoms with Gasteiger partial charge in [0.05, 0.1) is 11.8 Å². The molecular formula is C28H27BrN2O3. The number of allylic oxidation sites excluding steroid dienone is 2. The molecule has 1 aliphatic heterocycles. The molecule has 0 aromatic heterocycles. The van der Waals surface area contributed by atoms with Crippen LogP contribution in [0.25, 0.3) is 0 Å². The summed E-state index contributed by atoms with van der Waals surface area (Å²) in [6.07, 6.45) is 5.74. The zero-order chi connectivity index (χ0) is 23.7. The Hall–Kier alpha value is -2.73. The minimum absolute atomic E-state index is 0.137. The van der Waals surface area contributed by atoms with E-state index in [4.69, 9.17) is 0 Å². The maximum Gasteiger partial charge on any atom is 0.248 e. The average Bonchev–Trinajstić information content (AvgIpc) is 3.62. The van der Waals surface area contributed by atoms with Gasteiger partial charge < -0.3 is 5.32 Å². The number of nitrogens with zero attached hydrogens (tertiary/aromatic N) is 1. The fourth-order valence-corrected chi connectivity index (χ4v) is 6.99. The zero-order valence-electron chi connectivity index (χ0n) is 19.2. The molecule has 1 saturated heterocycles. The van der Waals surface area contributed by atoms with Crippen molar-refractivity contribution in [3.05, 3.63) is 75.8 Å². The summed E-state index contributed by atoms with van der Waals surface area (Å²) in [4.78, 5) is 42.5. The minimum atomic E-state index is -0.882. The predicted molar refractivity (Wildman–Crippen MR) is 133 cm³/mol. The molecule has 3 fully saturated rings. The fraction of sp³-hybridized carbons (Fsp3) is 0.393. The van der Waals surface area contributed by atoms with Crippen molar-refractivity contribution < 1.29 is 14.4 Å². The number of hydrogen-bond acceptors (Lipinski definition) is 3. The standard InChI is InChI=1S/C28H27BrN2O3/c1-14-15(2)22(11-10-21(14)29)30-26(32)23(12-16-6-4-3-5-7-16)31-27(33)24-17-8-9-18(20-13-19(17)20)25(24)28(31)34/h3-11,17-20,23-25H,12-13H2,1-2H3,(H,30,32)/t17-,18-,19-,20+,23-,24+,25+/m0/s1. The third kappa shape index (κ3) is 3.22. The lowest BCUT2D eigenvalue weighted by molar-refractivity contribution is -0.146. The van der Waals surface area contributed by atoms with Gasteiger partial charge in [-0.05, 0) is 72.8 Å². The molecule has 0 radical (unpaired) electrons. The van der Waals surface area contributed by atoms with Gasteiger partial charge in [0.25, 0.3) is 0 Å². The van der Waals surface area contributed by atoms with Crippen LogP contribution in [0.3, 0.4) is 0 Å². The molecule has 7 rings (SSSR count).